The van der Waals surface area contributed by atoms with Crippen LogP contribution < -0.4 is 0 Å². The van der Waals surface area contributed by atoms with Gasteiger partial charge in [0.25, 0.3) is 5.91 Å². The maximum absolute atomic E-state index is 13.4. The van der Waals surface area contributed by atoms with Crippen molar-refractivity contribution in [2.45, 2.75) is 95.9 Å². The molecule has 1 unspecified atom stereocenters. The van der Waals surface area contributed by atoms with E-state index in [1.54, 1.807) is 0 Å². The molecule has 5 rings (SSSR count). The first-order valence-corrected chi connectivity index (χ1v) is 13.5. The third kappa shape index (κ3) is 5.01. The molecule has 7 nitrogen and oxygen atoms in total. The molecule has 184 valence electrons. The molecule has 1 amide bonds. The van der Waals surface area contributed by atoms with Crippen molar-refractivity contribution in [3.63, 3.8) is 0 Å². The zero-order chi connectivity index (χ0) is 22.9. The topological polar surface area (TPSA) is 53.8 Å². The number of rotatable bonds is 3. The molecule has 0 N–H and O–H groups in total. The van der Waals surface area contributed by atoms with Gasteiger partial charge in [0.05, 0.1) is 12.2 Å². The second kappa shape index (κ2) is 10.0. The van der Waals surface area contributed by atoms with Crippen molar-refractivity contribution in [1.82, 2.24) is 24.5 Å². The molecule has 0 bridgehead atoms. The van der Waals surface area contributed by atoms with Gasteiger partial charge in [-0.3, -0.25) is 19.3 Å². The van der Waals surface area contributed by atoms with Crippen molar-refractivity contribution in [2.24, 2.45) is 7.05 Å². The maximum Gasteiger partial charge on any atom is 0.274 e. The van der Waals surface area contributed by atoms with E-state index >= 15 is 0 Å². The van der Waals surface area contributed by atoms with E-state index in [1.807, 2.05) is 11.7 Å². The first-order valence-electron chi connectivity index (χ1n) is 13.5. The molecule has 33 heavy (non-hydrogen) atoms. The third-order valence-electron chi connectivity index (χ3n) is 8.50. The zero-order valence-corrected chi connectivity index (χ0v) is 21.0. The number of carbonyl (C=O) groups excluding carboxylic acids is 1. The van der Waals surface area contributed by atoms with Gasteiger partial charge in [-0.1, -0.05) is 12.8 Å². The Hall–Kier alpha value is -1.44. The van der Waals surface area contributed by atoms with Crippen LogP contribution in [0.5, 0.6) is 0 Å². The largest absolute Gasteiger partial charge is 0.373 e. The molecule has 0 aromatic carbocycles. The van der Waals surface area contributed by atoms with Crippen molar-refractivity contribution in [3.05, 3.63) is 17.0 Å². The average molecular weight is 458 g/mol. The highest BCUT2D eigenvalue weighted by atomic mass is 16.5. The molecule has 3 atom stereocenters. The van der Waals surface area contributed by atoms with Gasteiger partial charge in [-0.2, -0.15) is 5.10 Å². The molecule has 3 aliphatic heterocycles. The SMILES string of the molecule is C[C@@H]1CN(C2CCN(C3CCc4c(c(C(=O)N5CCCCCC5)nn4C)C3)CC2)C[C@H](C)O1. The first kappa shape index (κ1) is 23.3. The Morgan fingerprint density at radius 3 is 2.21 bits per heavy atom. The van der Waals surface area contributed by atoms with Gasteiger partial charge in [0.1, 0.15) is 0 Å². The molecule has 0 saturated carbocycles. The Labute approximate surface area is 199 Å². The second-order valence-electron chi connectivity index (χ2n) is 11.0. The number of hydrogen-bond acceptors (Lipinski definition) is 5. The average Bonchev–Trinajstić information content (AvgIpc) is 2.97. The van der Waals surface area contributed by atoms with Crippen molar-refractivity contribution >= 4 is 5.91 Å². The van der Waals surface area contributed by atoms with Crippen LogP contribution in [0.1, 0.15) is 80.5 Å². The summed E-state index contributed by atoms with van der Waals surface area (Å²) >= 11 is 0. The summed E-state index contributed by atoms with van der Waals surface area (Å²) in [5.74, 6) is 0.170. The normalized spacial score (nSPS) is 30.8. The van der Waals surface area contributed by atoms with Crippen LogP contribution in [0.15, 0.2) is 0 Å². The van der Waals surface area contributed by atoms with Gasteiger partial charge in [-0.15, -0.1) is 0 Å². The summed E-state index contributed by atoms with van der Waals surface area (Å²) in [4.78, 5) is 20.9. The maximum atomic E-state index is 13.4. The Kier molecular flexibility index (Phi) is 7.09. The van der Waals surface area contributed by atoms with Crippen LogP contribution in [0.3, 0.4) is 0 Å². The lowest BCUT2D eigenvalue weighted by Gasteiger charge is -2.45. The Morgan fingerprint density at radius 1 is 0.879 bits per heavy atom. The van der Waals surface area contributed by atoms with Crippen molar-refractivity contribution in [2.75, 3.05) is 39.3 Å². The van der Waals surface area contributed by atoms with E-state index in [0.29, 0.717) is 24.3 Å². The molecule has 1 aromatic heterocycles. The summed E-state index contributed by atoms with van der Waals surface area (Å²) in [5, 5.41) is 4.75. The lowest BCUT2D eigenvalue weighted by atomic mass is 9.88. The molecule has 3 saturated heterocycles. The molecule has 4 heterocycles. The fourth-order valence-electron chi connectivity index (χ4n) is 6.81. The molecule has 0 spiro atoms. The summed E-state index contributed by atoms with van der Waals surface area (Å²) in [5.41, 5.74) is 3.27. The van der Waals surface area contributed by atoms with Crippen molar-refractivity contribution in [3.8, 4) is 0 Å². The number of carbonyl (C=O) groups is 1. The molecule has 7 heteroatoms. The highest BCUT2D eigenvalue weighted by molar-refractivity contribution is 5.94. The fourth-order valence-corrected chi connectivity index (χ4v) is 6.81. The first-order chi connectivity index (χ1) is 16.0. The van der Waals surface area contributed by atoms with Gasteiger partial charge in [-0.25, -0.2) is 0 Å². The highest BCUT2D eigenvalue weighted by Crippen LogP contribution is 2.31. The van der Waals surface area contributed by atoms with E-state index in [9.17, 15) is 4.79 Å². The molecular weight excluding hydrogens is 414 g/mol. The number of nitrogens with zero attached hydrogens (tertiary/aromatic N) is 5. The predicted octanol–water partition coefficient (Wildman–Crippen LogP) is 2.87. The minimum absolute atomic E-state index is 0.170. The Bertz CT molecular complexity index is 813. The standard InChI is InChI=1S/C26H43N5O2/c1-19-17-31(18-20(2)33-19)21-10-14-29(15-11-21)22-8-9-24-23(16-22)25(27-28(24)3)26(32)30-12-6-4-5-7-13-30/h19-22H,4-18H2,1-3H3/t19-,20+,22?. The second-order valence-corrected chi connectivity index (χ2v) is 11.0. The van der Waals surface area contributed by atoms with Crippen LogP contribution >= 0.6 is 0 Å². The lowest BCUT2D eigenvalue weighted by molar-refractivity contribution is -0.0875. The Balaban J connectivity index is 1.23. The number of aromatic nitrogens is 2. The highest BCUT2D eigenvalue weighted by Gasteiger charge is 2.36. The summed E-state index contributed by atoms with van der Waals surface area (Å²) in [6, 6.07) is 1.23. The van der Waals surface area contributed by atoms with Gasteiger partial charge < -0.3 is 9.64 Å². The number of likely N-dealkylation sites (tertiary alicyclic amines) is 2. The molecule has 1 aromatic rings. The molecular formula is C26H43N5O2. The number of morpholine rings is 1. The van der Waals surface area contributed by atoms with Gasteiger partial charge in [0.15, 0.2) is 5.69 Å². The monoisotopic (exact) mass is 457 g/mol. The zero-order valence-electron chi connectivity index (χ0n) is 21.0. The van der Waals surface area contributed by atoms with Crippen LogP contribution in [0.2, 0.25) is 0 Å². The molecule has 1 aliphatic carbocycles. The Morgan fingerprint density at radius 2 is 1.55 bits per heavy atom. The van der Waals surface area contributed by atoms with E-state index < -0.39 is 0 Å². The van der Waals surface area contributed by atoms with Crippen LogP contribution in [0.4, 0.5) is 0 Å². The van der Waals surface area contributed by atoms with Gasteiger partial charge in [0, 0.05) is 56.6 Å². The van der Waals surface area contributed by atoms with Crippen LogP contribution in [-0.2, 0) is 24.6 Å². The summed E-state index contributed by atoms with van der Waals surface area (Å²) < 4.78 is 7.94. The lowest BCUT2D eigenvalue weighted by Crippen LogP contribution is -2.54. The number of fused-ring (bicyclic) bond motifs is 1. The van der Waals surface area contributed by atoms with E-state index in [2.05, 4.69) is 28.5 Å². The minimum Gasteiger partial charge on any atom is -0.373 e. The fraction of sp³-hybridized carbons (Fsp3) is 0.846. The number of amides is 1. The summed E-state index contributed by atoms with van der Waals surface area (Å²) in [7, 11) is 2.02. The third-order valence-corrected chi connectivity index (χ3v) is 8.50. The van der Waals surface area contributed by atoms with Crippen LogP contribution in [-0.4, -0.2) is 93.9 Å². The van der Waals surface area contributed by atoms with Crippen molar-refractivity contribution in [1.29, 1.82) is 0 Å². The number of hydrogen-bond donors (Lipinski definition) is 0. The molecule has 4 aliphatic rings. The van der Waals surface area contributed by atoms with E-state index in [-0.39, 0.29) is 5.91 Å². The van der Waals surface area contributed by atoms with E-state index in [1.165, 1.54) is 56.5 Å². The number of piperidine rings is 1. The smallest absolute Gasteiger partial charge is 0.274 e. The number of aryl methyl sites for hydroxylation is 1. The van der Waals surface area contributed by atoms with Crippen LogP contribution in [0.25, 0.3) is 0 Å². The summed E-state index contributed by atoms with van der Waals surface area (Å²) in [6.07, 6.45) is 11.1. The van der Waals surface area contributed by atoms with Gasteiger partial charge >= 0.3 is 0 Å². The van der Waals surface area contributed by atoms with E-state index in [0.717, 1.165) is 57.6 Å². The van der Waals surface area contributed by atoms with Crippen molar-refractivity contribution < 1.29 is 9.53 Å². The predicted molar refractivity (Wildman–Crippen MR) is 130 cm³/mol. The van der Waals surface area contributed by atoms with Gasteiger partial charge in [0.2, 0.25) is 0 Å². The van der Waals surface area contributed by atoms with Gasteiger partial charge in [-0.05, 0) is 71.9 Å². The summed E-state index contributed by atoms with van der Waals surface area (Å²) in [6.45, 7) is 10.7. The quantitative estimate of drug-likeness (QED) is 0.699. The minimum atomic E-state index is 0.170. The number of ether oxygens (including phenoxy) is 1. The molecule has 3 fully saturated rings. The van der Waals surface area contributed by atoms with E-state index in [4.69, 9.17) is 9.84 Å². The molecule has 0 radical (unpaired) electrons. The van der Waals surface area contributed by atoms with Crippen LogP contribution in [0, 0.1) is 0 Å².